The fourth-order valence-electron chi connectivity index (χ4n) is 1.93. The number of rotatable bonds is 6. The van der Waals surface area contributed by atoms with Crippen molar-refractivity contribution in [2.24, 2.45) is 5.73 Å². The maximum absolute atomic E-state index is 13.9. The van der Waals surface area contributed by atoms with Crippen LogP contribution in [0.5, 0.6) is 17.2 Å². The average molecular weight is 293 g/mol. The van der Waals surface area contributed by atoms with Gasteiger partial charge in [-0.25, -0.2) is 8.78 Å². The zero-order valence-electron chi connectivity index (χ0n) is 11.7. The molecule has 0 bridgehead atoms. The minimum Gasteiger partial charge on any atom is -0.494 e. The topological polar surface area (TPSA) is 44.5 Å². The molecule has 0 aliphatic heterocycles. The lowest BCUT2D eigenvalue weighted by Gasteiger charge is -2.11. The van der Waals surface area contributed by atoms with Crippen molar-refractivity contribution in [2.75, 3.05) is 13.2 Å². The molecule has 21 heavy (non-hydrogen) atoms. The van der Waals surface area contributed by atoms with Crippen LogP contribution >= 0.6 is 0 Å². The van der Waals surface area contributed by atoms with Crippen LogP contribution in [0.2, 0.25) is 0 Å². The molecule has 0 radical (unpaired) electrons. The molecule has 2 aromatic carbocycles. The minimum absolute atomic E-state index is 0.310. The molecular weight excluding hydrogens is 276 g/mol. The summed E-state index contributed by atoms with van der Waals surface area (Å²) in [5, 5.41) is 0. The summed E-state index contributed by atoms with van der Waals surface area (Å²) in [5.41, 5.74) is 5.88. The first-order valence-corrected chi connectivity index (χ1v) is 6.72. The highest BCUT2D eigenvalue weighted by atomic mass is 19.1. The predicted molar refractivity (Wildman–Crippen MR) is 76.8 cm³/mol. The van der Waals surface area contributed by atoms with Crippen LogP contribution in [0.4, 0.5) is 8.78 Å². The van der Waals surface area contributed by atoms with Crippen molar-refractivity contribution >= 4 is 0 Å². The first-order chi connectivity index (χ1) is 10.1. The number of benzene rings is 2. The highest BCUT2D eigenvalue weighted by molar-refractivity contribution is 5.39. The van der Waals surface area contributed by atoms with Crippen LogP contribution in [0.15, 0.2) is 36.4 Å². The lowest BCUT2D eigenvalue weighted by Crippen LogP contribution is -2.04. The van der Waals surface area contributed by atoms with Crippen LogP contribution in [0.1, 0.15) is 12.5 Å². The van der Waals surface area contributed by atoms with E-state index < -0.39 is 17.4 Å². The smallest absolute Gasteiger partial charge is 0.198 e. The Kier molecular flexibility index (Phi) is 5.11. The number of hydrogen-bond acceptors (Lipinski definition) is 3. The SMILES string of the molecule is CCOc1cccc(Oc2c(F)cc(CCN)cc2F)c1. The first-order valence-electron chi connectivity index (χ1n) is 6.72. The van der Waals surface area contributed by atoms with E-state index in [1.54, 1.807) is 24.3 Å². The zero-order valence-corrected chi connectivity index (χ0v) is 11.7. The normalized spacial score (nSPS) is 10.5. The summed E-state index contributed by atoms with van der Waals surface area (Å²) in [5.74, 6) is -1.04. The molecule has 112 valence electrons. The lowest BCUT2D eigenvalue weighted by molar-refractivity contribution is 0.337. The van der Waals surface area contributed by atoms with Crippen LogP contribution in [0, 0.1) is 11.6 Å². The molecule has 0 unspecified atom stereocenters. The molecule has 3 nitrogen and oxygen atoms in total. The molecule has 0 aromatic heterocycles. The Morgan fingerprint density at radius 3 is 2.33 bits per heavy atom. The second-order valence-corrected chi connectivity index (χ2v) is 4.44. The van der Waals surface area contributed by atoms with Gasteiger partial charge >= 0.3 is 0 Å². The van der Waals surface area contributed by atoms with E-state index in [1.807, 2.05) is 6.92 Å². The molecule has 0 aliphatic carbocycles. The summed E-state index contributed by atoms with van der Waals surface area (Å²) in [6.07, 6.45) is 0.411. The molecule has 0 saturated carbocycles. The maximum Gasteiger partial charge on any atom is 0.198 e. The third kappa shape index (κ3) is 3.92. The van der Waals surface area contributed by atoms with E-state index in [4.69, 9.17) is 15.2 Å². The Morgan fingerprint density at radius 1 is 1.05 bits per heavy atom. The Balaban J connectivity index is 2.25. The van der Waals surface area contributed by atoms with Crippen molar-refractivity contribution in [1.29, 1.82) is 0 Å². The molecule has 2 aromatic rings. The molecule has 2 N–H and O–H groups in total. The van der Waals surface area contributed by atoms with Crippen LogP contribution in [-0.2, 0) is 6.42 Å². The van der Waals surface area contributed by atoms with Crippen LogP contribution in [0.25, 0.3) is 0 Å². The summed E-state index contributed by atoms with van der Waals surface area (Å²) in [7, 11) is 0. The largest absolute Gasteiger partial charge is 0.494 e. The summed E-state index contributed by atoms with van der Waals surface area (Å²) >= 11 is 0. The van der Waals surface area contributed by atoms with Crippen LogP contribution < -0.4 is 15.2 Å². The molecule has 0 amide bonds. The number of halogens is 2. The Bertz CT molecular complexity index is 594. The van der Waals surface area contributed by atoms with Crippen molar-refractivity contribution < 1.29 is 18.3 Å². The Hall–Kier alpha value is -2.14. The summed E-state index contributed by atoms with van der Waals surface area (Å²) < 4.78 is 38.5. The van der Waals surface area contributed by atoms with Gasteiger partial charge in [-0.1, -0.05) is 6.07 Å². The van der Waals surface area contributed by atoms with Crippen molar-refractivity contribution in [2.45, 2.75) is 13.3 Å². The zero-order chi connectivity index (χ0) is 15.2. The van der Waals surface area contributed by atoms with E-state index in [-0.39, 0.29) is 0 Å². The lowest BCUT2D eigenvalue weighted by atomic mass is 10.1. The molecular formula is C16H17F2NO2. The molecule has 0 aliphatic rings. The number of nitrogens with two attached hydrogens (primary N) is 1. The quantitative estimate of drug-likeness (QED) is 0.884. The molecule has 0 fully saturated rings. The van der Waals surface area contributed by atoms with Gasteiger partial charge in [0.05, 0.1) is 6.61 Å². The third-order valence-corrected chi connectivity index (χ3v) is 2.83. The summed E-state index contributed by atoms with van der Waals surface area (Å²) in [6, 6.07) is 9.09. The van der Waals surface area contributed by atoms with E-state index in [9.17, 15) is 8.78 Å². The van der Waals surface area contributed by atoms with Crippen LogP contribution in [-0.4, -0.2) is 13.2 Å². The van der Waals surface area contributed by atoms with Gasteiger partial charge in [-0.05, 0) is 49.7 Å². The fraction of sp³-hybridized carbons (Fsp3) is 0.250. The molecule has 0 saturated heterocycles. The van der Waals surface area contributed by atoms with E-state index in [0.717, 1.165) is 0 Å². The summed E-state index contributed by atoms with van der Waals surface area (Å²) in [6.45, 7) is 2.68. The van der Waals surface area contributed by atoms with Crippen molar-refractivity contribution in [3.05, 3.63) is 53.6 Å². The van der Waals surface area contributed by atoms with Gasteiger partial charge in [0.15, 0.2) is 17.4 Å². The van der Waals surface area contributed by atoms with Crippen molar-refractivity contribution in [3.8, 4) is 17.2 Å². The monoisotopic (exact) mass is 293 g/mol. The van der Waals surface area contributed by atoms with Gasteiger partial charge < -0.3 is 15.2 Å². The van der Waals surface area contributed by atoms with E-state index in [0.29, 0.717) is 36.6 Å². The molecule has 5 heteroatoms. The van der Waals surface area contributed by atoms with Gasteiger partial charge in [0, 0.05) is 6.07 Å². The number of ether oxygens (including phenoxy) is 2. The second kappa shape index (κ2) is 7.04. The highest BCUT2D eigenvalue weighted by Gasteiger charge is 2.14. The van der Waals surface area contributed by atoms with E-state index in [2.05, 4.69) is 0 Å². The van der Waals surface area contributed by atoms with Crippen molar-refractivity contribution in [1.82, 2.24) is 0 Å². The van der Waals surface area contributed by atoms with Crippen molar-refractivity contribution in [3.63, 3.8) is 0 Å². The predicted octanol–water partition coefficient (Wildman–Crippen LogP) is 3.66. The van der Waals surface area contributed by atoms with Gasteiger partial charge in [0.2, 0.25) is 0 Å². The second-order valence-electron chi connectivity index (χ2n) is 4.44. The minimum atomic E-state index is -0.750. The van der Waals surface area contributed by atoms with E-state index in [1.165, 1.54) is 12.1 Å². The number of hydrogen-bond donors (Lipinski definition) is 1. The van der Waals surface area contributed by atoms with E-state index >= 15 is 0 Å². The molecule has 0 atom stereocenters. The Morgan fingerprint density at radius 2 is 1.71 bits per heavy atom. The highest BCUT2D eigenvalue weighted by Crippen LogP contribution is 2.30. The van der Waals surface area contributed by atoms with Crippen LogP contribution in [0.3, 0.4) is 0 Å². The average Bonchev–Trinajstić information content (AvgIpc) is 2.44. The fourth-order valence-corrected chi connectivity index (χ4v) is 1.93. The maximum atomic E-state index is 13.9. The molecule has 2 rings (SSSR count). The summed E-state index contributed by atoms with van der Waals surface area (Å²) in [4.78, 5) is 0. The molecule has 0 heterocycles. The standard InChI is InChI=1S/C16H17F2NO2/c1-2-20-12-4-3-5-13(10-12)21-16-14(17)8-11(6-7-19)9-15(16)18/h3-5,8-10H,2,6-7,19H2,1H3. The van der Waals surface area contributed by atoms with Gasteiger partial charge in [0.25, 0.3) is 0 Å². The third-order valence-electron chi connectivity index (χ3n) is 2.83. The molecule has 0 spiro atoms. The van der Waals surface area contributed by atoms with Gasteiger partial charge in [-0.15, -0.1) is 0 Å². The Labute approximate surface area is 122 Å². The van der Waals surface area contributed by atoms with Gasteiger partial charge in [0.1, 0.15) is 11.5 Å². The van der Waals surface area contributed by atoms with Gasteiger partial charge in [-0.2, -0.15) is 0 Å². The van der Waals surface area contributed by atoms with Gasteiger partial charge in [-0.3, -0.25) is 0 Å². The first kappa shape index (κ1) is 15.3.